The second kappa shape index (κ2) is 5.81. The van der Waals surface area contributed by atoms with E-state index in [2.05, 4.69) is 9.98 Å². The number of pyridine rings is 1. The van der Waals surface area contributed by atoms with Crippen molar-refractivity contribution in [3.63, 3.8) is 0 Å². The van der Waals surface area contributed by atoms with Crippen molar-refractivity contribution in [2.45, 2.75) is 12.5 Å². The molecule has 120 valence electrons. The van der Waals surface area contributed by atoms with Crippen molar-refractivity contribution in [2.24, 2.45) is 4.99 Å². The van der Waals surface area contributed by atoms with E-state index in [1.807, 2.05) is 0 Å². The zero-order chi connectivity index (χ0) is 17.3. The number of rotatable bonds is 4. The molecule has 2 aromatic rings. The van der Waals surface area contributed by atoms with Gasteiger partial charge < -0.3 is 5.11 Å². The molecule has 6 heteroatoms. The molecule has 0 amide bonds. The van der Waals surface area contributed by atoms with Gasteiger partial charge in [0.05, 0.1) is 11.3 Å². The fraction of sp³-hybridized carbons (Fsp3) is 0.111. The van der Waals surface area contributed by atoms with E-state index in [0.29, 0.717) is 16.8 Å². The van der Waals surface area contributed by atoms with Gasteiger partial charge in [-0.1, -0.05) is 0 Å². The summed E-state index contributed by atoms with van der Waals surface area (Å²) in [6, 6.07) is 6.76. The molecule has 0 fully saturated rings. The molecule has 0 saturated carbocycles. The van der Waals surface area contributed by atoms with Gasteiger partial charge >= 0.3 is 5.97 Å². The quantitative estimate of drug-likeness (QED) is 0.877. The van der Waals surface area contributed by atoms with Crippen LogP contribution in [-0.4, -0.2) is 28.1 Å². The first-order valence-corrected chi connectivity index (χ1v) is 7.18. The number of carbonyl (C=O) groups excluding carboxylic acids is 1. The summed E-state index contributed by atoms with van der Waals surface area (Å²) in [5.41, 5.74) is -0.197. The maximum atomic E-state index is 13.3. The standard InChI is InChI=1S/C18H13FN2O3/c1-11-9-13(19)4-5-14(11)16(22)18(7-2-8-21-18)15-6-3-12(10-20-15)17(23)24/h2-10H,1H3,(H,23,24). The Hall–Kier alpha value is -3.15. The molecule has 1 aliphatic heterocycles. The average Bonchev–Trinajstić information content (AvgIpc) is 3.05. The molecule has 1 unspecified atom stereocenters. The molecule has 0 aliphatic carbocycles. The molecule has 1 N–H and O–H groups in total. The minimum absolute atomic E-state index is 0.0188. The van der Waals surface area contributed by atoms with Gasteiger partial charge in [0, 0.05) is 18.0 Å². The number of halogens is 1. The fourth-order valence-corrected chi connectivity index (χ4v) is 2.62. The first-order valence-electron chi connectivity index (χ1n) is 7.18. The maximum Gasteiger partial charge on any atom is 0.337 e. The number of aliphatic imine (C=N–C) groups is 1. The molecule has 0 bridgehead atoms. The van der Waals surface area contributed by atoms with Crippen LogP contribution in [0.5, 0.6) is 0 Å². The number of hydrogen-bond donors (Lipinski definition) is 1. The molecule has 0 spiro atoms. The zero-order valence-corrected chi connectivity index (χ0v) is 12.7. The monoisotopic (exact) mass is 324 g/mol. The summed E-state index contributed by atoms with van der Waals surface area (Å²) >= 11 is 0. The van der Waals surface area contributed by atoms with Crippen LogP contribution in [0.25, 0.3) is 0 Å². The number of carboxylic acids is 1. The van der Waals surface area contributed by atoms with E-state index in [4.69, 9.17) is 5.11 Å². The van der Waals surface area contributed by atoms with Crippen molar-refractivity contribution in [1.82, 2.24) is 4.98 Å². The Morgan fingerprint density at radius 3 is 2.54 bits per heavy atom. The number of aromatic carboxylic acids is 1. The van der Waals surface area contributed by atoms with E-state index >= 15 is 0 Å². The van der Waals surface area contributed by atoms with E-state index in [9.17, 15) is 14.0 Å². The summed E-state index contributed by atoms with van der Waals surface area (Å²) in [6.07, 6.45) is 5.90. The van der Waals surface area contributed by atoms with Gasteiger partial charge in [-0.05, 0) is 55.0 Å². The highest BCUT2D eigenvalue weighted by Crippen LogP contribution is 2.34. The van der Waals surface area contributed by atoms with Gasteiger partial charge in [-0.3, -0.25) is 14.8 Å². The van der Waals surface area contributed by atoms with E-state index in [1.54, 1.807) is 19.1 Å². The molecule has 1 aromatic heterocycles. The van der Waals surface area contributed by atoms with Crippen LogP contribution in [0.15, 0.2) is 53.7 Å². The summed E-state index contributed by atoms with van der Waals surface area (Å²) < 4.78 is 13.3. The van der Waals surface area contributed by atoms with Crippen LogP contribution in [0.2, 0.25) is 0 Å². The Morgan fingerprint density at radius 1 is 1.21 bits per heavy atom. The third-order valence-corrected chi connectivity index (χ3v) is 3.88. The molecule has 1 atom stereocenters. The minimum atomic E-state index is -1.36. The van der Waals surface area contributed by atoms with Crippen LogP contribution < -0.4 is 0 Å². The Balaban J connectivity index is 2.09. The Morgan fingerprint density at radius 2 is 2.00 bits per heavy atom. The largest absolute Gasteiger partial charge is 0.478 e. The first-order chi connectivity index (χ1) is 11.4. The van der Waals surface area contributed by atoms with Gasteiger partial charge in [0.25, 0.3) is 0 Å². The van der Waals surface area contributed by atoms with Crippen molar-refractivity contribution in [1.29, 1.82) is 0 Å². The molecule has 0 radical (unpaired) electrons. The van der Waals surface area contributed by atoms with Crippen LogP contribution in [0.3, 0.4) is 0 Å². The zero-order valence-electron chi connectivity index (χ0n) is 12.7. The molecule has 3 rings (SSSR count). The number of Topliss-reactive ketones (excluding diaryl/α,β-unsaturated/α-hetero) is 1. The van der Waals surface area contributed by atoms with Crippen molar-refractivity contribution in [3.05, 3.63) is 76.9 Å². The number of aromatic nitrogens is 1. The number of allylic oxidation sites excluding steroid dienone is 1. The van der Waals surface area contributed by atoms with E-state index in [1.165, 1.54) is 42.7 Å². The molecule has 1 aliphatic rings. The van der Waals surface area contributed by atoms with Crippen LogP contribution in [-0.2, 0) is 5.54 Å². The average molecular weight is 324 g/mol. The van der Waals surface area contributed by atoms with Crippen molar-refractivity contribution in [2.75, 3.05) is 0 Å². The molecule has 1 aromatic carbocycles. The lowest BCUT2D eigenvalue weighted by Crippen LogP contribution is -2.32. The summed E-state index contributed by atoms with van der Waals surface area (Å²) in [7, 11) is 0. The Bertz CT molecular complexity index is 874. The fourth-order valence-electron chi connectivity index (χ4n) is 2.62. The van der Waals surface area contributed by atoms with Gasteiger partial charge in [0.2, 0.25) is 5.78 Å². The van der Waals surface area contributed by atoms with Crippen molar-refractivity contribution < 1.29 is 19.1 Å². The van der Waals surface area contributed by atoms with Crippen LogP contribution in [0.1, 0.15) is 32.0 Å². The van der Waals surface area contributed by atoms with E-state index in [0.717, 1.165) is 0 Å². The molecule has 2 heterocycles. The smallest absolute Gasteiger partial charge is 0.337 e. The predicted molar refractivity (Wildman–Crippen MR) is 86.0 cm³/mol. The van der Waals surface area contributed by atoms with Gasteiger partial charge in [0.15, 0.2) is 5.54 Å². The summed E-state index contributed by atoms with van der Waals surface area (Å²) in [6.45, 7) is 1.65. The normalized spacial score (nSPS) is 18.8. The van der Waals surface area contributed by atoms with Gasteiger partial charge in [-0.15, -0.1) is 0 Å². The molecule has 0 saturated heterocycles. The predicted octanol–water partition coefficient (Wildman–Crippen LogP) is 2.95. The first kappa shape index (κ1) is 15.7. The second-order valence-corrected chi connectivity index (χ2v) is 5.43. The lowest BCUT2D eigenvalue weighted by molar-refractivity contribution is 0.0696. The summed E-state index contributed by atoms with van der Waals surface area (Å²) in [5, 5.41) is 8.97. The highest BCUT2D eigenvalue weighted by Gasteiger charge is 2.41. The minimum Gasteiger partial charge on any atom is -0.478 e. The number of hydrogen-bond acceptors (Lipinski definition) is 4. The molecular weight excluding hydrogens is 311 g/mol. The molecule has 5 nitrogen and oxygen atoms in total. The van der Waals surface area contributed by atoms with Gasteiger partial charge in [-0.25, -0.2) is 9.18 Å². The Kier molecular flexibility index (Phi) is 3.81. The summed E-state index contributed by atoms with van der Waals surface area (Å²) in [4.78, 5) is 32.4. The highest BCUT2D eigenvalue weighted by atomic mass is 19.1. The lowest BCUT2D eigenvalue weighted by atomic mass is 9.85. The summed E-state index contributed by atoms with van der Waals surface area (Å²) in [5.74, 6) is -1.87. The third kappa shape index (κ3) is 2.52. The van der Waals surface area contributed by atoms with Crippen LogP contribution in [0.4, 0.5) is 4.39 Å². The van der Waals surface area contributed by atoms with E-state index in [-0.39, 0.29) is 11.3 Å². The molecular formula is C18H13FN2O3. The third-order valence-electron chi connectivity index (χ3n) is 3.88. The number of carbonyl (C=O) groups is 2. The van der Waals surface area contributed by atoms with Gasteiger partial charge in [0.1, 0.15) is 5.82 Å². The Labute approximate surface area is 137 Å². The van der Waals surface area contributed by atoms with Crippen LogP contribution >= 0.6 is 0 Å². The van der Waals surface area contributed by atoms with Gasteiger partial charge in [-0.2, -0.15) is 0 Å². The maximum absolute atomic E-state index is 13.3. The topological polar surface area (TPSA) is 79.6 Å². The number of ketones is 1. The number of carboxylic acid groups (broad SMARTS) is 1. The number of benzene rings is 1. The SMILES string of the molecule is Cc1cc(F)ccc1C(=O)C1(c2ccc(C(=O)O)cn2)C=CC=N1. The van der Waals surface area contributed by atoms with Crippen LogP contribution in [0, 0.1) is 12.7 Å². The van der Waals surface area contributed by atoms with Crippen molar-refractivity contribution in [3.8, 4) is 0 Å². The number of nitrogens with zero attached hydrogens (tertiary/aromatic N) is 2. The second-order valence-electron chi connectivity index (χ2n) is 5.43. The molecule has 24 heavy (non-hydrogen) atoms. The number of aryl methyl sites for hydroxylation is 1. The van der Waals surface area contributed by atoms with E-state index < -0.39 is 17.3 Å². The van der Waals surface area contributed by atoms with Crippen molar-refractivity contribution >= 4 is 18.0 Å². The highest BCUT2D eigenvalue weighted by molar-refractivity contribution is 6.08. The lowest BCUT2D eigenvalue weighted by Gasteiger charge is -2.23.